The number of nitrogens with one attached hydrogen (secondary N) is 2. The van der Waals surface area contributed by atoms with Gasteiger partial charge in [-0.2, -0.15) is 0 Å². The molecule has 0 aromatic carbocycles. The number of nitrogens with zero attached hydrogens (tertiary/aromatic N) is 1. The summed E-state index contributed by atoms with van der Waals surface area (Å²) in [6.07, 6.45) is 2.48. The molecule has 0 radical (unpaired) electrons. The van der Waals surface area contributed by atoms with Crippen molar-refractivity contribution in [3.8, 4) is 0 Å². The third kappa shape index (κ3) is 3.28. The molecule has 4 nitrogen and oxygen atoms in total. The van der Waals surface area contributed by atoms with Gasteiger partial charge in [-0.1, -0.05) is 13.8 Å². The van der Waals surface area contributed by atoms with Crippen LogP contribution < -0.4 is 10.6 Å². The Morgan fingerprint density at radius 2 is 2.38 bits per heavy atom. The lowest BCUT2D eigenvalue weighted by Gasteiger charge is -2.06. The third-order valence-corrected chi connectivity index (χ3v) is 3.21. The fraction of sp³-hybridized carbons (Fsp3) is 0.636. The molecular weight excluding hydrogens is 222 g/mol. The highest BCUT2D eigenvalue weighted by atomic mass is 32.1. The zero-order valence-electron chi connectivity index (χ0n) is 9.62. The van der Waals surface area contributed by atoms with Crippen LogP contribution >= 0.6 is 11.3 Å². The molecule has 5 heteroatoms. The van der Waals surface area contributed by atoms with Gasteiger partial charge in [0.15, 0.2) is 5.13 Å². The van der Waals surface area contributed by atoms with Crippen molar-refractivity contribution in [2.24, 2.45) is 0 Å². The van der Waals surface area contributed by atoms with E-state index < -0.39 is 0 Å². The van der Waals surface area contributed by atoms with E-state index in [1.54, 1.807) is 0 Å². The van der Waals surface area contributed by atoms with Crippen LogP contribution in [0.4, 0.5) is 5.13 Å². The molecular formula is C11H17N3OS. The first-order valence-electron chi connectivity index (χ1n) is 5.64. The predicted molar refractivity (Wildman–Crippen MR) is 65.9 cm³/mol. The summed E-state index contributed by atoms with van der Waals surface area (Å²) in [4.78, 5) is 15.9. The monoisotopic (exact) mass is 239 g/mol. The summed E-state index contributed by atoms with van der Waals surface area (Å²) in [5.74, 6) is 0.626. The predicted octanol–water partition coefficient (Wildman–Crippen LogP) is 1.96. The van der Waals surface area contributed by atoms with Gasteiger partial charge in [-0.15, -0.1) is 11.3 Å². The van der Waals surface area contributed by atoms with E-state index in [-0.39, 0.29) is 5.91 Å². The fourth-order valence-corrected chi connectivity index (χ4v) is 2.18. The highest BCUT2D eigenvalue weighted by Gasteiger charge is 2.26. The number of anilines is 1. The van der Waals surface area contributed by atoms with E-state index in [2.05, 4.69) is 15.6 Å². The summed E-state index contributed by atoms with van der Waals surface area (Å²) in [6.45, 7) is 4.37. The highest BCUT2D eigenvalue weighted by Crippen LogP contribution is 2.40. The maximum Gasteiger partial charge on any atom is 0.240 e. The van der Waals surface area contributed by atoms with Crippen LogP contribution in [0.1, 0.15) is 38.3 Å². The molecule has 0 bridgehead atoms. The van der Waals surface area contributed by atoms with Crippen LogP contribution in [0.5, 0.6) is 0 Å². The summed E-state index contributed by atoms with van der Waals surface area (Å²) >= 11 is 1.51. The smallest absolute Gasteiger partial charge is 0.240 e. The molecule has 2 N–H and O–H groups in total. The molecule has 1 heterocycles. The topological polar surface area (TPSA) is 54.0 Å². The molecule has 1 amide bonds. The molecule has 1 aromatic rings. The number of aromatic nitrogens is 1. The SMILES string of the molecule is CC(C)NCC(=O)Nc1nc(C2CC2)cs1. The molecule has 1 aliphatic rings. The van der Waals surface area contributed by atoms with Crippen molar-refractivity contribution in [2.75, 3.05) is 11.9 Å². The van der Waals surface area contributed by atoms with Crippen molar-refractivity contribution in [1.29, 1.82) is 0 Å². The van der Waals surface area contributed by atoms with E-state index in [0.717, 1.165) is 10.8 Å². The van der Waals surface area contributed by atoms with E-state index in [4.69, 9.17) is 0 Å². The number of thiazole rings is 1. The molecule has 0 unspecified atom stereocenters. The van der Waals surface area contributed by atoms with Crippen LogP contribution in [-0.4, -0.2) is 23.5 Å². The Labute approximate surface area is 99.5 Å². The zero-order chi connectivity index (χ0) is 11.5. The minimum Gasteiger partial charge on any atom is -0.306 e. The number of carbonyl (C=O) groups is 1. The van der Waals surface area contributed by atoms with E-state index >= 15 is 0 Å². The summed E-state index contributed by atoms with van der Waals surface area (Å²) < 4.78 is 0. The second-order valence-corrected chi connectivity index (χ2v) is 5.29. The first-order valence-corrected chi connectivity index (χ1v) is 6.52. The Morgan fingerprint density at radius 1 is 1.62 bits per heavy atom. The number of carbonyl (C=O) groups excluding carboxylic acids is 1. The molecule has 2 rings (SSSR count). The molecule has 0 spiro atoms. The minimum atomic E-state index is -0.0228. The van der Waals surface area contributed by atoms with Gasteiger partial charge in [0.25, 0.3) is 0 Å². The molecule has 0 saturated heterocycles. The maximum atomic E-state index is 11.5. The second-order valence-electron chi connectivity index (χ2n) is 4.44. The average molecular weight is 239 g/mol. The van der Waals surface area contributed by atoms with Crippen LogP contribution in [-0.2, 0) is 4.79 Å². The number of rotatable bonds is 5. The largest absolute Gasteiger partial charge is 0.306 e. The van der Waals surface area contributed by atoms with Crippen molar-refractivity contribution in [3.05, 3.63) is 11.1 Å². The van der Waals surface area contributed by atoms with Crippen molar-refractivity contribution in [2.45, 2.75) is 38.6 Å². The Hall–Kier alpha value is -0.940. The zero-order valence-corrected chi connectivity index (χ0v) is 10.4. The first-order chi connectivity index (χ1) is 7.65. The average Bonchev–Trinajstić information content (AvgIpc) is 2.98. The van der Waals surface area contributed by atoms with Gasteiger partial charge < -0.3 is 10.6 Å². The molecule has 88 valence electrons. The van der Waals surface area contributed by atoms with Crippen molar-refractivity contribution >= 4 is 22.4 Å². The van der Waals surface area contributed by atoms with Crippen LogP contribution in [0, 0.1) is 0 Å². The van der Waals surface area contributed by atoms with Gasteiger partial charge in [0.1, 0.15) is 0 Å². The van der Waals surface area contributed by atoms with Gasteiger partial charge in [-0.3, -0.25) is 4.79 Å². The van der Waals surface area contributed by atoms with Crippen molar-refractivity contribution < 1.29 is 4.79 Å². The van der Waals surface area contributed by atoms with E-state index in [1.807, 2.05) is 19.2 Å². The number of hydrogen-bond donors (Lipinski definition) is 2. The lowest BCUT2D eigenvalue weighted by molar-refractivity contribution is -0.115. The lowest BCUT2D eigenvalue weighted by atomic mass is 10.3. The summed E-state index contributed by atoms with van der Waals surface area (Å²) in [5, 5.41) is 8.64. The van der Waals surface area contributed by atoms with Crippen LogP contribution in [0.2, 0.25) is 0 Å². The molecule has 1 fully saturated rings. The summed E-state index contributed by atoms with van der Waals surface area (Å²) in [5.41, 5.74) is 1.14. The number of amides is 1. The third-order valence-electron chi connectivity index (χ3n) is 2.43. The normalized spacial score (nSPS) is 15.4. The minimum absolute atomic E-state index is 0.0228. The summed E-state index contributed by atoms with van der Waals surface area (Å²) in [7, 11) is 0. The number of hydrogen-bond acceptors (Lipinski definition) is 4. The van der Waals surface area contributed by atoms with Gasteiger partial charge in [0.2, 0.25) is 5.91 Å². The Balaban J connectivity index is 1.80. The standard InChI is InChI=1S/C11H17N3OS/c1-7(2)12-5-10(15)14-11-13-9(6-16-11)8-3-4-8/h6-8,12H,3-5H2,1-2H3,(H,13,14,15). The molecule has 16 heavy (non-hydrogen) atoms. The molecule has 1 saturated carbocycles. The van der Waals surface area contributed by atoms with E-state index in [1.165, 1.54) is 24.2 Å². The first kappa shape index (κ1) is 11.5. The van der Waals surface area contributed by atoms with Crippen molar-refractivity contribution in [3.63, 3.8) is 0 Å². The van der Waals surface area contributed by atoms with Gasteiger partial charge >= 0.3 is 0 Å². The lowest BCUT2D eigenvalue weighted by Crippen LogP contribution is -2.32. The highest BCUT2D eigenvalue weighted by molar-refractivity contribution is 7.13. The summed E-state index contributed by atoms with van der Waals surface area (Å²) in [6, 6.07) is 0.323. The molecule has 1 aromatic heterocycles. The molecule has 0 aliphatic heterocycles. The quantitative estimate of drug-likeness (QED) is 0.826. The van der Waals surface area contributed by atoms with E-state index in [9.17, 15) is 4.79 Å². The van der Waals surface area contributed by atoms with Gasteiger partial charge in [0.05, 0.1) is 12.2 Å². The van der Waals surface area contributed by atoms with Crippen LogP contribution in [0.15, 0.2) is 5.38 Å². The Kier molecular flexibility index (Phi) is 3.56. The molecule has 1 aliphatic carbocycles. The fourth-order valence-electron chi connectivity index (χ4n) is 1.37. The second kappa shape index (κ2) is 4.93. The van der Waals surface area contributed by atoms with Gasteiger partial charge in [-0.05, 0) is 12.8 Å². The Bertz CT molecular complexity index is 371. The van der Waals surface area contributed by atoms with Gasteiger partial charge in [-0.25, -0.2) is 4.98 Å². The van der Waals surface area contributed by atoms with E-state index in [0.29, 0.717) is 18.5 Å². The Morgan fingerprint density at radius 3 is 3.00 bits per heavy atom. The maximum absolute atomic E-state index is 11.5. The van der Waals surface area contributed by atoms with Crippen LogP contribution in [0.25, 0.3) is 0 Å². The van der Waals surface area contributed by atoms with Crippen LogP contribution in [0.3, 0.4) is 0 Å². The van der Waals surface area contributed by atoms with Crippen molar-refractivity contribution in [1.82, 2.24) is 10.3 Å². The van der Waals surface area contributed by atoms with Gasteiger partial charge in [0, 0.05) is 17.3 Å². The molecule has 0 atom stereocenters.